The summed E-state index contributed by atoms with van der Waals surface area (Å²) in [4.78, 5) is 19.1. The Kier molecular flexibility index (Phi) is 5.05. The maximum absolute atomic E-state index is 12.4. The molecule has 1 aromatic carbocycles. The third-order valence-corrected chi connectivity index (χ3v) is 4.67. The summed E-state index contributed by atoms with van der Waals surface area (Å²) in [6.45, 7) is 6.03. The van der Waals surface area contributed by atoms with Crippen molar-refractivity contribution < 1.29 is 4.79 Å². The summed E-state index contributed by atoms with van der Waals surface area (Å²) in [5, 5.41) is 3.42. The minimum atomic E-state index is -0.242. The molecule has 1 saturated heterocycles. The smallest absolute Gasteiger partial charge is 0.274 e. The van der Waals surface area contributed by atoms with E-state index in [1.807, 2.05) is 32.0 Å². The Bertz CT molecular complexity index is 714. The molecule has 1 aliphatic heterocycles. The average molecular weight is 344 g/mol. The molecule has 1 aliphatic rings. The lowest BCUT2D eigenvalue weighted by molar-refractivity contribution is 0.102. The van der Waals surface area contributed by atoms with Gasteiger partial charge in [-0.25, -0.2) is 4.98 Å². The standard InChI is InChI=1S/C19H22ClN3O/c1-13-10-14(2)18(16(20)11-13)22-19(24)17-7-6-15(12-21-17)23-8-4-3-5-9-23/h6-7,10-12H,3-5,8-9H2,1-2H3,(H,22,24). The number of hydrogen-bond donors (Lipinski definition) is 1. The van der Waals surface area contributed by atoms with E-state index in [1.54, 1.807) is 12.3 Å². The second-order valence-corrected chi connectivity index (χ2v) is 6.75. The molecule has 1 amide bonds. The molecule has 2 heterocycles. The largest absolute Gasteiger partial charge is 0.370 e. The fourth-order valence-electron chi connectivity index (χ4n) is 3.11. The zero-order valence-electron chi connectivity index (χ0n) is 14.1. The molecule has 0 saturated carbocycles. The van der Waals surface area contributed by atoms with Crippen LogP contribution in [-0.4, -0.2) is 24.0 Å². The Balaban J connectivity index is 1.73. The molecule has 0 unspecified atom stereocenters. The van der Waals surface area contributed by atoms with Gasteiger partial charge < -0.3 is 10.2 Å². The van der Waals surface area contributed by atoms with Crippen LogP contribution in [0.2, 0.25) is 5.02 Å². The van der Waals surface area contributed by atoms with E-state index in [1.165, 1.54) is 19.3 Å². The van der Waals surface area contributed by atoms with Crippen molar-refractivity contribution in [2.45, 2.75) is 33.1 Å². The molecule has 0 spiro atoms. The van der Waals surface area contributed by atoms with Crippen LogP contribution in [0.1, 0.15) is 40.9 Å². The Morgan fingerprint density at radius 1 is 1.17 bits per heavy atom. The first kappa shape index (κ1) is 16.8. The van der Waals surface area contributed by atoms with E-state index in [-0.39, 0.29) is 5.91 Å². The zero-order chi connectivity index (χ0) is 17.1. The fraction of sp³-hybridized carbons (Fsp3) is 0.368. The van der Waals surface area contributed by atoms with Crippen molar-refractivity contribution in [3.05, 3.63) is 52.3 Å². The molecule has 4 nitrogen and oxygen atoms in total. The molecule has 0 aliphatic carbocycles. The van der Waals surface area contributed by atoms with E-state index in [2.05, 4.69) is 15.2 Å². The van der Waals surface area contributed by atoms with Gasteiger partial charge in [-0.2, -0.15) is 0 Å². The number of hydrogen-bond acceptors (Lipinski definition) is 3. The second-order valence-electron chi connectivity index (χ2n) is 6.34. The Morgan fingerprint density at radius 3 is 2.54 bits per heavy atom. The highest BCUT2D eigenvalue weighted by atomic mass is 35.5. The molecule has 126 valence electrons. The fourth-order valence-corrected chi connectivity index (χ4v) is 3.48. The number of pyridine rings is 1. The van der Waals surface area contributed by atoms with Crippen LogP contribution in [0.3, 0.4) is 0 Å². The number of benzene rings is 1. The van der Waals surface area contributed by atoms with Gasteiger partial charge in [0.1, 0.15) is 5.69 Å². The summed E-state index contributed by atoms with van der Waals surface area (Å²) in [5.41, 5.74) is 4.13. The quantitative estimate of drug-likeness (QED) is 0.886. The molecule has 1 fully saturated rings. The van der Waals surface area contributed by atoms with Crippen molar-refractivity contribution in [2.24, 2.45) is 0 Å². The summed E-state index contributed by atoms with van der Waals surface area (Å²) in [6.07, 6.45) is 5.51. The molecule has 2 aromatic rings. The van der Waals surface area contributed by atoms with Crippen molar-refractivity contribution in [1.29, 1.82) is 0 Å². The summed E-state index contributed by atoms with van der Waals surface area (Å²) < 4.78 is 0. The lowest BCUT2D eigenvalue weighted by Gasteiger charge is -2.28. The van der Waals surface area contributed by atoms with Crippen molar-refractivity contribution in [2.75, 3.05) is 23.3 Å². The average Bonchev–Trinajstić information content (AvgIpc) is 2.59. The number of carbonyl (C=O) groups is 1. The van der Waals surface area contributed by atoms with Crippen LogP contribution in [0.15, 0.2) is 30.5 Å². The number of nitrogens with one attached hydrogen (secondary N) is 1. The van der Waals surface area contributed by atoms with Crippen LogP contribution in [-0.2, 0) is 0 Å². The number of rotatable bonds is 3. The summed E-state index contributed by atoms with van der Waals surface area (Å²) >= 11 is 6.25. The monoisotopic (exact) mass is 343 g/mol. The van der Waals surface area contributed by atoms with Crippen LogP contribution in [0.4, 0.5) is 11.4 Å². The molecule has 3 rings (SSSR count). The minimum Gasteiger partial charge on any atom is -0.370 e. The Morgan fingerprint density at radius 2 is 1.92 bits per heavy atom. The number of halogens is 1. The van der Waals surface area contributed by atoms with E-state index in [9.17, 15) is 4.79 Å². The Labute approximate surface area is 147 Å². The van der Waals surface area contributed by atoms with Gasteiger partial charge in [0.25, 0.3) is 5.91 Å². The number of carbonyl (C=O) groups excluding carboxylic acids is 1. The third-order valence-electron chi connectivity index (χ3n) is 4.37. The van der Waals surface area contributed by atoms with Crippen LogP contribution in [0.5, 0.6) is 0 Å². The highest BCUT2D eigenvalue weighted by Crippen LogP contribution is 2.28. The SMILES string of the molecule is Cc1cc(C)c(NC(=O)c2ccc(N3CCCCC3)cn2)c(Cl)c1. The van der Waals surface area contributed by atoms with Crippen molar-refractivity contribution >= 4 is 28.9 Å². The van der Waals surface area contributed by atoms with Gasteiger partial charge in [0.15, 0.2) is 0 Å². The van der Waals surface area contributed by atoms with E-state index in [0.29, 0.717) is 16.4 Å². The predicted molar refractivity (Wildman–Crippen MR) is 99.2 cm³/mol. The third kappa shape index (κ3) is 3.70. The molecule has 1 aromatic heterocycles. The lowest BCUT2D eigenvalue weighted by atomic mass is 10.1. The van der Waals surface area contributed by atoms with Gasteiger partial charge in [-0.15, -0.1) is 0 Å². The molecular weight excluding hydrogens is 322 g/mol. The van der Waals surface area contributed by atoms with Crippen molar-refractivity contribution in [3.8, 4) is 0 Å². The van der Waals surface area contributed by atoms with E-state index < -0.39 is 0 Å². The van der Waals surface area contributed by atoms with Gasteiger partial charge in [0.2, 0.25) is 0 Å². The first-order valence-electron chi connectivity index (χ1n) is 8.34. The highest BCUT2D eigenvalue weighted by Gasteiger charge is 2.15. The van der Waals surface area contributed by atoms with Gasteiger partial charge in [-0.05, 0) is 62.4 Å². The van der Waals surface area contributed by atoms with E-state index in [4.69, 9.17) is 11.6 Å². The number of aryl methyl sites for hydroxylation is 2. The van der Waals surface area contributed by atoms with E-state index >= 15 is 0 Å². The summed E-state index contributed by atoms with van der Waals surface area (Å²) in [7, 11) is 0. The summed E-state index contributed by atoms with van der Waals surface area (Å²) in [5.74, 6) is -0.242. The maximum Gasteiger partial charge on any atom is 0.274 e. The van der Waals surface area contributed by atoms with Gasteiger partial charge in [0, 0.05) is 13.1 Å². The summed E-state index contributed by atoms with van der Waals surface area (Å²) in [6, 6.07) is 7.58. The van der Waals surface area contributed by atoms with Crippen LogP contribution in [0, 0.1) is 13.8 Å². The van der Waals surface area contributed by atoms with Crippen LogP contribution >= 0.6 is 11.6 Å². The van der Waals surface area contributed by atoms with Gasteiger partial charge in [-0.1, -0.05) is 17.7 Å². The van der Waals surface area contributed by atoms with Crippen molar-refractivity contribution in [1.82, 2.24) is 4.98 Å². The molecule has 24 heavy (non-hydrogen) atoms. The molecule has 0 radical (unpaired) electrons. The highest BCUT2D eigenvalue weighted by molar-refractivity contribution is 6.34. The molecule has 1 N–H and O–H groups in total. The lowest BCUT2D eigenvalue weighted by Crippen LogP contribution is -2.29. The Hall–Kier alpha value is -2.07. The number of piperidine rings is 1. The number of anilines is 2. The molecule has 0 atom stereocenters. The van der Waals surface area contributed by atoms with E-state index in [0.717, 1.165) is 29.9 Å². The predicted octanol–water partition coefficient (Wildman–Crippen LogP) is 4.59. The topological polar surface area (TPSA) is 45.2 Å². The molecular formula is C19H22ClN3O. The van der Waals surface area contributed by atoms with Gasteiger partial charge in [0.05, 0.1) is 22.6 Å². The normalized spacial score (nSPS) is 14.5. The zero-order valence-corrected chi connectivity index (χ0v) is 14.9. The maximum atomic E-state index is 12.4. The minimum absolute atomic E-state index is 0.242. The first-order valence-corrected chi connectivity index (χ1v) is 8.71. The van der Waals surface area contributed by atoms with Gasteiger partial charge in [-0.3, -0.25) is 4.79 Å². The number of amides is 1. The van der Waals surface area contributed by atoms with Gasteiger partial charge >= 0.3 is 0 Å². The van der Waals surface area contributed by atoms with Crippen molar-refractivity contribution in [3.63, 3.8) is 0 Å². The van der Waals surface area contributed by atoms with Crippen LogP contribution in [0.25, 0.3) is 0 Å². The number of nitrogens with zero attached hydrogens (tertiary/aromatic N) is 2. The van der Waals surface area contributed by atoms with Crippen LogP contribution < -0.4 is 10.2 Å². The molecule has 0 bridgehead atoms. The first-order chi connectivity index (χ1) is 11.5. The molecule has 5 heteroatoms. The number of aromatic nitrogens is 1. The second kappa shape index (κ2) is 7.22.